The molecule has 1 heterocycles. The van der Waals surface area contributed by atoms with Gasteiger partial charge in [-0.2, -0.15) is 0 Å². The van der Waals surface area contributed by atoms with Crippen LogP contribution in [0.2, 0.25) is 0 Å². The second-order valence-corrected chi connectivity index (χ2v) is 5.07. The van der Waals surface area contributed by atoms with Gasteiger partial charge in [0.25, 0.3) is 0 Å². The standard InChI is InChI=1S/C14H21FN2O/c1-10-7-17(8-11(2)18-10)9-13-5-14(15)4-3-12(13)6-16/h3-5,10-11H,6-9,16H2,1-2H3. The van der Waals surface area contributed by atoms with Gasteiger partial charge in [-0.25, -0.2) is 4.39 Å². The number of rotatable bonds is 3. The highest BCUT2D eigenvalue weighted by Crippen LogP contribution is 2.17. The van der Waals surface area contributed by atoms with Crippen LogP contribution in [0.1, 0.15) is 25.0 Å². The molecule has 0 aromatic heterocycles. The van der Waals surface area contributed by atoms with Gasteiger partial charge >= 0.3 is 0 Å². The van der Waals surface area contributed by atoms with E-state index in [9.17, 15) is 4.39 Å². The molecule has 2 atom stereocenters. The largest absolute Gasteiger partial charge is 0.373 e. The van der Waals surface area contributed by atoms with Gasteiger partial charge in [-0.3, -0.25) is 4.90 Å². The van der Waals surface area contributed by atoms with E-state index in [1.54, 1.807) is 12.1 Å². The van der Waals surface area contributed by atoms with Gasteiger partial charge < -0.3 is 10.5 Å². The predicted molar refractivity (Wildman–Crippen MR) is 69.6 cm³/mol. The third-order valence-corrected chi connectivity index (χ3v) is 3.28. The van der Waals surface area contributed by atoms with Crippen molar-refractivity contribution in [3.05, 3.63) is 35.1 Å². The van der Waals surface area contributed by atoms with Crippen LogP contribution in [0, 0.1) is 5.82 Å². The smallest absolute Gasteiger partial charge is 0.123 e. The molecule has 1 aromatic carbocycles. The highest BCUT2D eigenvalue weighted by Gasteiger charge is 2.22. The summed E-state index contributed by atoms with van der Waals surface area (Å²) in [6, 6.07) is 4.83. The molecule has 0 bridgehead atoms. The van der Waals surface area contributed by atoms with Crippen molar-refractivity contribution in [1.29, 1.82) is 0 Å². The number of nitrogens with zero attached hydrogens (tertiary/aromatic N) is 1. The van der Waals surface area contributed by atoms with Crippen LogP contribution in [0.15, 0.2) is 18.2 Å². The first-order valence-corrected chi connectivity index (χ1v) is 6.43. The monoisotopic (exact) mass is 252 g/mol. The fraction of sp³-hybridized carbons (Fsp3) is 0.571. The molecule has 1 saturated heterocycles. The normalized spacial score (nSPS) is 25.3. The molecule has 1 aromatic rings. The molecule has 100 valence electrons. The minimum Gasteiger partial charge on any atom is -0.373 e. The number of morpholine rings is 1. The maximum absolute atomic E-state index is 13.3. The van der Waals surface area contributed by atoms with E-state index in [1.807, 2.05) is 0 Å². The van der Waals surface area contributed by atoms with Crippen molar-refractivity contribution in [2.75, 3.05) is 13.1 Å². The molecule has 1 aliphatic heterocycles. The van der Waals surface area contributed by atoms with Crippen molar-refractivity contribution in [2.45, 2.75) is 39.1 Å². The highest BCUT2D eigenvalue weighted by atomic mass is 19.1. The lowest BCUT2D eigenvalue weighted by Gasteiger charge is -2.35. The van der Waals surface area contributed by atoms with Crippen molar-refractivity contribution in [3.8, 4) is 0 Å². The van der Waals surface area contributed by atoms with Gasteiger partial charge in [0.1, 0.15) is 5.82 Å². The lowest BCUT2D eigenvalue weighted by atomic mass is 10.1. The molecule has 2 unspecified atom stereocenters. The zero-order valence-corrected chi connectivity index (χ0v) is 11.0. The van der Waals surface area contributed by atoms with Gasteiger partial charge in [0.05, 0.1) is 12.2 Å². The van der Waals surface area contributed by atoms with E-state index in [-0.39, 0.29) is 18.0 Å². The van der Waals surface area contributed by atoms with E-state index in [4.69, 9.17) is 10.5 Å². The molecule has 1 fully saturated rings. The summed E-state index contributed by atoms with van der Waals surface area (Å²) in [5.41, 5.74) is 7.70. The van der Waals surface area contributed by atoms with Gasteiger partial charge in [0, 0.05) is 26.2 Å². The SMILES string of the molecule is CC1CN(Cc2cc(F)ccc2CN)CC(C)O1. The van der Waals surface area contributed by atoms with Crippen molar-refractivity contribution in [1.82, 2.24) is 4.90 Å². The highest BCUT2D eigenvalue weighted by molar-refractivity contribution is 5.27. The average molecular weight is 252 g/mol. The van der Waals surface area contributed by atoms with Crippen LogP contribution in [0.5, 0.6) is 0 Å². The van der Waals surface area contributed by atoms with Crippen LogP contribution in [0.3, 0.4) is 0 Å². The fourth-order valence-corrected chi connectivity index (χ4v) is 2.60. The third-order valence-electron chi connectivity index (χ3n) is 3.28. The van der Waals surface area contributed by atoms with Gasteiger partial charge in [0.15, 0.2) is 0 Å². The first kappa shape index (κ1) is 13.5. The predicted octanol–water partition coefficient (Wildman–Crippen LogP) is 1.89. The second kappa shape index (κ2) is 5.78. The van der Waals surface area contributed by atoms with E-state index in [0.717, 1.165) is 30.8 Å². The first-order chi connectivity index (χ1) is 8.58. The summed E-state index contributed by atoms with van der Waals surface area (Å²) in [5, 5.41) is 0. The van der Waals surface area contributed by atoms with E-state index in [2.05, 4.69) is 18.7 Å². The Labute approximate surface area is 108 Å². The molecule has 0 spiro atoms. The minimum atomic E-state index is -0.198. The minimum absolute atomic E-state index is 0.198. The van der Waals surface area contributed by atoms with Crippen LogP contribution in [0.25, 0.3) is 0 Å². The first-order valence-electron chi connectivity index (χ1n) is 6.43. The van der Waals surface area contributed by atoms with E-state index < -0.39 is 0 Å². The van der Waals surface area contributed by atoms with Gasteiger partial charge in [-0.15, -0.1) is 0 Å². The van der Waals surface area contributed by atoms with Crippen molar-refractivity contribution in [2.24, 2.45) is 5.73 Å². The summed E-state index contributed by atoms with van der Waals surface area (Å²) in [6.45, 7) is 7.08. The molecule has 4 heteroatoms. The van der Waals surface area contributed by atoms with Crippen LogP contribution >= 0.6 is 0 Å². The molecular formula is C14H21FN2O. The summed E-state index contributed by atoms with van der Waals surface area (Å²) in [5.74, 6) is -0.198. The fourth-order valence-electron chi connectivity index (χ4n) is 2.60. The Morgan fingerprint density at radius 3 is 2.56 bits per heavy atom. The van der Waals surface area contributed by atoms with Crippen molar-refractivity contribution < 1.29 is 9.13 Å². The molecule has 0 radical (unpaired) electrons. The topological polar surface area (TPSA) is 38.5 Å². The summed E-state index contributed by atoms with van der Waals surface area (Å²) >= 11 is 0. The second-order valence-electron chi connectivity index (χ2n) is 5.07. The van der Waals surface area contributed by atoms with Gasteiger partial charge in [0.2, 0.25) is 0 Å². The van der Waals surface area contributed by atoms with Crippen LogP contribution in [0.4, 0.5) is 4.39 Å². The summed E-state index contributed by atoms with van der Waals surface area (Å²) < 4.78 is 19.0. The lowest BCUT2D eigenvalue weighted by Crippen LogP contribution is -2.45. The Balaban J connectivity index is 2.10. The summed E-state index contributed by atoms with van der Waals surface area (Å²) in [4.78, 5) is 2.30. The van der Waals surface area contributed by atoms with Gasteiger partial charge in [-0.1, -0.05) is 6.07 Å². The maximum Gasteiger partial charge on any atom is 0.123 e. The van der Waals surface area contributed by atoms with Gasteiger partial charge in [-0.05, 0) is 37.1 Å². The zero-order valence-electron chi connectivity index (χ0n) is 11.0. The van der Waals surface area contributed by atoms with E-state index >= 15 is 0 Å². The molecule has 0 amide bonds. The number of hydrogen-bond acceptors (Lipinski definition) is 3. The average Bonchev–Trinajstić information content (AvgIpc) is 2.27. The molecule has 1 aliphatic rings. The van der Waals surface area contributed by atoms with E-state index in [1.165, 1.54) is 6.07 Å². The zero-order chi connectivity index (χ0) is 13.1. The number of benzene rings is 1. The molecule has 0 saturated carbocycles. The Kier molecular flexibility index (Phi) is 4.32. The van der Waals surface area contributed by atoms with Crippen LogP contribution in [-0.4, -0.2) is 30.2 Å². The van der Waals surface area contributed by atoms with Crippen LogP contribution in [-0.2, 0) is 17.8 Å². The number of ether oxygens (including phenoxy) is 1. The Bertz CT molecular complexity index is 401. The lowest BCUT2D eigenvalue weighted by molar-refractivity contribution is -0.0705. The third kappa shape index (κ3) is 3.28. The Morgan fingerprint density at radius 1 is 1.28 bits per heavy atom. The quantitative estimate of drug-likeness (QED) is 0.893. The number of halogens is 1. The molecule has 0 aliphatic carbocycles. The van der Waals surface area contributed by atoms with Crippen LogP contribution < -0.4 is 5.73 Å². The Morgan fingerprint density at radius 2 is 1.94 bits per heavy atom. The molecule has 2 N–H and O–H groups in total. The maximum atomic E-state index is 13.3. The van der Waals surface area contributed by atoms with Crippen molar-refractivity contribution in [3.63, 3.8) is 0 Å². The summed E-state index contributed by atoms with van der Waals surface area (Å²) in [6.07, 6.45) is 0.451. The number of nitrogens with two attached hydrogens (primary N) is 1. The molecular weight excluding hydrogens is 231 g/mol. The van der Waals surface area contributed by atoms with E-state index in [0.29, 0.717) is 6.54 Å². The summed E-state index contributed by atoms with van der Waals surface area (Å²) in [7, 11) is 0. The molecule has 2 rings (SSSR count). The Hall–Kier alpha value is -0.970. The molecule has 3 nitrogen and oxygen atoms in total. The van der Waals surface area contributed by atoms with Crippen molar-refractivity contribution >= 4 is 0 Å². The molecule has 18 heavy (non-hydrogen) atoms. The number of hydrogen-bond donors (Lipinski definition) is 1.